The fourth-order valence-corrected chi connectivity index (χ4v) is 5.63. The topological polar surface area (TPSA) is 125 Å². The maximum Gasteiger partial charge on any atom is 0.338 e. The van der Waals surface area contributed by atoms with Gasteiger partial charge in [-0.2, -0.15) is 10.5 Å². The Bertz CT molecular complexity index is 1360. The molecule has 10 heteroatoms. The largest absolute Gasteiger partial charge is 0.463 e. The van der Waals surface area contributed by atoms with E-state index in [4.69, 9.17) is 20.2 Å². The molecule has 2 aliphatic heterocycles. The van der Waals surface area contributed by atoms with Crippen molar-refractivity contribution in [2.75, 3.05) is 26.0 Å². The maximum atomic E-state index is 13.2. The van der Waals surface area contributed by atoms with E-state index in [2.05, 4.69) is 33.0 Å². The summed E-state index contributed by atoms with van der Waals surface area (Å²) in [6.07, 6.45) is 0.796. The quantitative estimate of drug-likeness (QED) is 0.406. The number of fused-ring (bicyclic) bond motifs is 1. The van der Waals surface area contributed by atoms with Crippen molar-refractivity contribution in [3.63, 3.8) is 0 Å². The molecule has 0 bridgehead atoms. The van der Waals surface area contributed by atoms with Crippen molar-refractivity contribution in [3.05, 3.63) is 80.0 Å². The molecule has 2 aliphatic rings. The third kappa shape index (κ3) is 5.26. The molecule has 1 atom stereocenters. The molecule has 2 N–H and O–H groups in total. The molecule has 3 heterocycles. The Morgan fingerprint density at radius 2 is 2.17 bits per heavy atom. The molecule has 0 radical (unpaired) electrons. The van der Waals surface area contributed by atoms with Crippen molar-refractivity contribution >= 4 is 33.7 Å². The van der Waals surface area contributed by atoms with Gasteiger partial charge in [0.15, 0.2) is 0 Å². The van der Waals surface area contributed by atoms with Crippen LogP contribution in [0.5, 0.6) is 0 Å². The van der Waals surface area contributed by atoms with Gasteiger partial charge in [0, 0.05) is 29.7 Å². The Morgan fingerprint density at radius 1 is 1.36 bits per heavy atom. The van der Waals surface area contributed by atoms with E-state index in [9.17, 15) is 15.3 Å². The normalized spacial score (nSPS) is 17.6. The summed E-state index contributed by atoms with van der Waals surface area (Å²) in [6, 6.07) is 13.6. The summed E-state index contributed by atoms with van der Waals surface area (Å²) in [5.41, 5.74) is 9.70. The van der Waals surface area contributed by atoms with E-state index in [1.54, 1.807) is 6.92 Å². The van der Waals surface area contributed by atoms with Gasteiger partial charge in [0.1, 0.15) is 28.5 Å². The third-order valence-corrected chi connectivity index (χ3v) is 7.45. The van der Waals surface area contributed by atoms with E-state index in [0.717, 1.165) is 35.2 Å². The zero-order valence-electron chi connectivity index (χ0n) is 19.9. The number of aromatic nitrogens is 1. The lowest BCUT2D eigenvalue weighted by atomic mass is 9.83. The van der Waals surface area contributed by atoms with E-state index < -0.39 is 11.9 Å². The number of hydrogen-bond acceptors (Lipinski definition) is 9. The molecule has 0 unspecified atom stereocenters. The molecule has 36 heavy (non-hydrogen) atoms. The number of nitriles is 2. The molecule has 1 aromatic carbocycles. The number of nitrogens with zero attached hydrogens (tertiary/aromatic N) is 4. The summed E-state index contributed by atoms with van der Waals surface area (Å²) in [4.78, 5) is 20.1. The average Bonchev–Trinajstić information content (AvgIpc) is 2.86. The summed E-state index contributed by atoms with van der Waals surface area (Å²) in [5.74, 6) is -0.937. The first-order chi connectivity index (χ1) is 17.4. The van der Waals surface area contributed by atoms with Crippen LogP contribution in [0.1, 0.15) is 35.2 Å². The smallest absolute Gasteiger partial charge is 0.338 e. The number of nitrogens with two attached hydrogens (primary N) is 1. The van der Waals surface area contributed by atoms with Gasteiger partial charge in [0.05, 0.1) is 29.4 Å². The van der Waals surface area contributed by atoms with Crippen LogP contribution < -0.4 is 5.73 Å². The molecule has 0 saturated heterocycles. The first-order valence-corrected chi connectivity index (χ1v) is 13.1. The minimum Gasteiger partial charge on any atom is -0.463 e. The second kappa shape index (κ2) is 11.2. The van der Waals surface area contributed by atoms with E-state index in [-0.39, 0.29) is 35.1 Å². The van der Waals surface area contributed by atoms with Crippen LogP contribution >= 0.6 is 27.7 Å². The van der Waals surface area contributed by atoms with Crippen molar-refractivity contribution in [2.24, 2.45) is 5.73 Å². The van der Waals surface area contributed by atoms with Crippen LogP contribution in [0.15, 0.2) is 62.6 Å². The third-order valence-electron chi connectivity index (χ3n) is 5.96. The number of likely N-dealkylation sites (N-methyl/N-ethyl adjacent to an activating group) is 1. The predicted octanol–water partition coefficient (Wildman–Crippen LogP) is 4.12. The molecule has 0 spiro atoms. The lowest BCUT2D eigenvalue weighted by molar-refractivity contribution is -0.139. The van der Waals surface area contributed by atoms with Gasteiger partial charge in [0.25, 0.3) is 0 Å². The first kappa shape index (κ1) is 25.8. The number of pyridine rings is 1. The number of benzene rings is 1. The lowest BCUT2D eigenvalue weighted by Crippen LogP contribution is -2.28. The van der Waals surface area contributed by atoms with E-state index >= 15 is 0 Å². The summed E-state index contributed by atoms with van der Waals surface area (Å²) in [7, 11) is 2.04. The minimum atomic E-state index is -0.752. The van der Waals surface area contributed by atoms with Crippen molar-refractivity contribution in [2.45, 2.75) is 30.8 Å². The lowest BCUT2D eigenvalue weighted by Gasteiger charge is -2.28. The summed E-state index contributed by atoms with van der Waals surface area (Å²) >= 11 is 4.75. The highest BCUT2D eigenvalue weighted by Crippen LogP contribution is 2.42. The summed E-state index contributed by atoms with van der Waals surface area (Å²) in [5, 5.41) is 20.2. The van der Waals surface area contributed by atoms with E-state index in [1.807, 2.05) is 37.4 Å². The molecule has 0 fully saturated rings. The Hall–Kier alpha value is -3.31. The standard InChI is InChI=1S/C26H24BrN5O3S/c1-3-34-26(33)23-21(35-24(30)19(12-29)22(23)15-5-4-6-18(27)10-15)14-36-25-16(11-28)9-17-13-32(2)8-7-20(17)31-25/h4-6,9-10,22H,3,7-8,13-14,30H2,1-2H3/t22-/m0/s1. The highest BCUT2D eigenvalue weighted by Gasteiger charge is 2.38. The molecule has 2 aromatic rings. The summed E-state index contributed by atoms with van der Waals surface area (Å²) in [6.45, 7) is 3.52. The van der Waals surface area contributed by atoms with Crippen LogP contribution in [0.25, 0.3) is 0 Å². The van der Waals surface area contributed by atoms with E-state index in [0.29, 0.717) is 16.2 Å². The number of ether oxygens (including phenoxy) is 2. The monoisotopic (exact) mass is 565 g/mol. The van der Waals surface area contributed by atoms with Crippen molar-refractivity contribution in [1.29, 1.82) is 10.5 Å². The number of carbonyl (C=O) groups excluding carboxylic acids is 1. The SMILES string of the molecule is CCOC(=O)C1=C(CSc2nc3c(cc2C#N)CN(C)CC3)OC(N)=C(C#N)[C@@H]1c1cccc(Br)c1. The van der Waals surface area contributed by atoms with Gasteiger partial charge < -0.3 is 20.1 Å². The van der Waals surface area contributed by atoms with Crippen molar-refractivity contribution in [1.82, 2.24) is 9.88 Å². The Kier molecular flexibility index (Phi) is 8.00. The van der Waals surface area contributed by atoms with Gasteiger partial charge in [-0.15, -0.1) is 0 Å². The van der Waals surface area contributed by atoms with Crippen molar-refractivity contribution in [3.8, 4) is 12.1 Å². The van der Waals surface area contributed by atoms with Crippen LogP contribution in [0, 0.1) is 22.7 Å². The second-order valence-corrected chi connectivity index (χ2v) is 10.3. The van der Waals surface area contributed by atoms with Gasteiger partial charge in [-0.05, 0) is 43.3 Å². The van der Waals surface area contributed by atoms with Gasteiger partial charge in [-0.1, -0.05) is 39.8 Å². The number of carbonyl (C=O) groups is 1. The number of esters is 1. The first-order valence-electron chi connectivity index (χ1n) is 11.3. The van der Waals surface area contributed by atoms with Crippen LogP contribution in [-0.2, 0) is 27.2 Å². The molecule has 1 aromatic heterocycles. The van der Waals surface area contributed by atoms with Crippen molar-refractivity contribution < 1.29 is 14.3 Å². The average molecular weight is 566 g/mol. The molecule has 4 rings (SSSR count). The van der Waals surface area contributed by atoms with Gasteiger partial charge in [0.2, 0.25) is 5.88 Å². The number of allylic oxidation sites excluding steroid dienone is 1. The highest BCUT2D eigenvalue weighted by atomic mass is 79.9. The predicted molar refractivity (Wildman–Crippen MR) is 138 cm³/mol. The van der Waals surface area contributed by atoms with Gasteiger partial charge in [-0.25, -0.2) is 9.78 Å². The number of rotatable bonds is 6. The molecule has 0 amide bonds. The van der Waals surface area contributed by atoms with Crippen LogP contribution in [0.4, 0.5) is 0 Å². The van der Waals surface area contributed by atoms with Crippen LogP contribution in [0.2, 0.25) is 0 Å². The maximum absolute atomic E-state index is 13.2. The fraction of sp³-hybridized carbons (Fsp3) is 0.308. The number of halogens is 1. The fourth-order valence-electron chi connectivity index (χ4n) is 4.30. The Balaban J connectivity index is 1.75. The van der Waals surface area contributed by atoms with Crippen LogP contribution in [0.3, 0.4) is 0 Å². The van der Waals surface area contributed by atoms with Crippen LogP contribution in [-0.4, -0.2) is 41.8 Å². The Labute approximate surface area is 222 Å². The zero-order chi connectivity index (χ0) is 25.8. The molecule has 0 saturated carbocycles. The zero-order valence-corrected chi connectivity index (χ0v) is 22.3. The van der Waals surface area contributed by atoms with Gasteiger partial charge in [-0.3, -0.25) is 0 Å². The number of hydrogen-bond donors (Lipinski definition) is 1. The Morgan fingerprint density at radius 3 is 2.86 bits per heavy atom. The molecular formula is C26H24BrN5O3S. The number of thioether (sulfide) groups is 1. The molecule has 8 nitrogen and oxygen atoms in total. The molecule has 0 aliphatic carbocycles. The summed E-state index contributed by atoms with van der Waals surface area (Å²) < 4.78 is 12.0. The minimum absolute atomic E-state index is 0.0620. The second-order valence-electron chi connectivity index (χ2n) is 8.37. The van der Waals surface area contributed by atoms with Gasteiger partial charge >= 0.3 is 5.97 Å². The molecular weight excluding hydrogens is 542 g/mol. The highest BCUT2D eigenvalue weighted by molar-refractivity contribution is 9.10. The van der Waals surface area contributed by atoms with E-state index in [1.165, 1.54) is 11.8 Å². The molecule has 184 valence electrons.